The van der Waals surface area contributed by atoms with Crippen LogP contribution in [0.4, 0.5) is 0 Å². The molecular formula is C7H16NO3-. The molecule has 0 aromatic rings. The fourth-order valence-corrected chi connectivity index (χ4v) is 0.649. The Hall–Kier alpha value is -0.160. The average molecular weight is 162 g/mol. The van der Waals surface area contributed by atoms with Crippen molar-refractivity contribution in [2.24, 2.45) is 5.41 Å². The van der Waals surface area contributed by atoms with E-state index in [4.69, 9.17) is 15.3 Å². The lowest BCUT2D eigenvalue weighted by atomic mass is 9.91. The summed E-state index contributed by atoms with van der Waals surface area (Å²) in [5, 5.41) is 30.4. The van der Waals surface area contributed by atoms with Crippen molar-refractivity contribution in [1.29, 1.82) is 0 Å². The standard InChI is InChI=1S/C7H16NO3/c1-2-8-3-7(4-9,5-10)6-11/h9-11H,2-6H2,1H3/q-1. The van der Waals surface area contributed by atoms with Crippen LogP contribution < -0.4 is 0 Å². The number of hydrogen-bond donors (Lipinski definition) is 3. The summed E-state index contributed by atoms with van der Waals surface area (Å²) in [6.07, 6.45) is 0. The summed E-state index contributed by atoms with van der Waals surface area (Å²) in [7, 11) is 0. The normalized spacial score (nSPS) is 12.0. The van der Waals surface area contributed by atoms with Crippen LogP contribution in [0, 0.1) is 5.41 Å². The van der Waals surface area contributed by atoms with Crippen molar-refractivity contribution in [1.82, 2.24) is 0 Å². The van der Waals surface area contributed by atoms with E-state index >= 15 is 0 Å². The first-order valence-electron chi connectivity index (χ1n) is 3.70. The highest BCUT2D eigenvalue weighted by Gasteiger charge is 2.22. The van der Waals surface area contributed by atoms with Gasteiger partial charge in [-0.15, -0.1) is 6.54 Å². The second-order valence-electron chi connectivity index (χ2n) is 2.67. The van der Waals surface area contributed by atoms with E-state index < -0.39 is 5.41 Å². The molecular weight excluding hydrogens is 146 g/mol. The molecule has 68 valence electrons. The molecule has 0 spiro atoms. The third kappa shape index (κ3) is 3.16. The Labute approximate surface area is 66.9 Å². The molecule has 0 radical (unpaired) electrons. The minimum Gasteiger partial charge on any atom is -0.662 e. The number of aliphatic hydroxyl groups excluding tert-OH is 3. The van der Waals surface area contributed by atoms with Crippen LogP contribution in [0.1, 0.15) is 6.92 Å². The van der Waals surface area contributed by atoms with Crippen LogP contribution in [-0.4, -0.2) is 48.2 Å². The van der Waals surface area contributed by atoms with Gasteiger partial charge in [-0.25, -0.2) is 0 Å². The molecule has 4 heteroatoms. The molecule has 0 aliphatic carbocycles. The smallest absolute Gasteiger partial charge is 0.0514 e. The minimum atomic E-state index is -0.823. The van der Waals surface area contributed by atoms with Crippen molar-refractivity contribution >= 4 is 0 Å². The molecule has 0 heterocycles. The molecule has 0 saturated heterocycles. The van der Waals surface area contributed by atoms with Crippen LogP contribution >= 0.6 is 0 Å². The van der Waals surface area contributed by atoms with Gasteiger partial charge in [-0.2, -0.15) is 6.54 Å². The van der Waals surface area contributed by atoms with Gasteiger partial charge >= 0.3 is 0 Å². The van der Waals surface area contributed by atoms with E-state index in [1.54, 1.807) is 0 Å². The van der Waals surface area contributed by atoms with Gasteiger partial charge in [0.15, 0.2) is 0 Å². The summed E-state index contributed by atoms with van der Waals surface area (Å²) in [6, 6.07) is 0. The quantitative estimate of drug-likeness (QED) is 0.485. The van der Waals surface area contributed by atoms with Crippen LogP contribution in [0.2, 0.25) is 0 Å². The molecule has 0 bridgehead atoms. The summed E-state index contributed by atoms with van der Waals surface area (Å²) in [4.78, 5) is 0. The Morgan fingerprint density at radius 2 is 1.55 bits per heavy atom. The molecule has 0 saturated carbocycles. The van der Waals surface area contributed by atoms with Crippen LogP contribution in [0.5, 0.6) is 0 Å². The summed E-state index contributed by atoms with van der Waals surface area (Å²) < 4.78 is 0. The maximum absolute atomic E-state index is 8.82. The van der Waals surface area contributed by atoms with Crippen molar-refractivity contribution in [3.63, 3.8) is 0 Å². The van der Waals surface area contributed by atoms with Gasteiger partial charge in [0, 0.05) is 5.41 Å². The lowest BCUT2D eigenvalue weighted by molar-refractivity contribution is 0.0167. The first-order valence-corrected chi connectivity index (χ1v) is 3.70. The Morgan fingerprint density at radius 3 is 1.82 bits per heavy atom. The van der Waals surface area contributed by atoms with E-state index in [-0.39, 0.29) is 19.8 Å². The van der Waals surface area contributed by atoms with Gasteiger partial charge in [-0.3, -0.25) is 0 Å². The number of hydrogen-bond acceptors (Lipinski definition) is 3. The Balaban J connectivity index is 3.84. The SMILES string of the molecule is CC[N-]CC(CO)(CO)CO. The van der Waals surface area contributed by atoms with Crippen LogP contribution in [0.15, 0.2) is 0 Å². The zero-order valence-corrected chi connectivity index (χ0v) is 6.82. The second kappa shape index (κ2) is 5.49. The lowest BCUT2D eigenvalue weighted by Gasteiger charge is -2.34. The van der Waals surface area contributed by atoms with Crippen molar-refractivity contribution in [2.45, 2.75) is 6.92 Å². The fraction of sp³-hybridized carbons (Fsp3) is 1.00. The number of rotatable bonds is 6. The molecule has 0 aromatic carbocycles. The third-order valence-electron chi connectivity index (χ3n) is 1.68. The molecule has 0 aliphatic heterocycles. The highest BCUT2D eigenvalue weighted by molar-refractivity contribution is 4.91. The maximum Gasteiger partial charge on any atom is 0.0514 e. The molecule has 0 atom stereocenters. The van der Waals surface area contributed by atoms with Gasteiger partial charge in [0.1, 0.15) is 0 Å². The number of aliphatic hydroxyl groups is 3. The molecule has 0 amide bonds. The van der Waals surface area contributed by atoms with Gasteiger partial charge in [0.25, 0.3) is 0 Å². The maximum atomic E-state index is 8.82. The number of nitrogens with zero attached hydrogens (tertiary/aromatic N) is 1. The van der Waals surface area contributed by atoms with Crippen molar-refractivity contribution < 1.29 is 15.3 Å². The molecule has 0 rings (SSSR count). The fourth-order valence-electron chi connectivity index (χ4n) is 0.649. The minimum absolute atomic E-state index is 0.233. The van der Waals surface area contributed by atoms with Gasteiger partial charge in [-0.1, -0.05) is 6.92 Å². The Bertz CT molecular complexity index is 85.4. The monoisotopic (exact) mass is 162 g/mol. The molecule has 4 nitrogen and oxygen atoms in total. The molecule has 11 heavy (non-hydrogen) atoms. The summed E-state index contributed by atoms with van der Waals surface area (Å²) >= 11 is 0. The van der Waals surface area contributed by atoms with Crippen molar-refractivity contribution in [3.8, 4) is 0 Å². The van der Waals surface area contributed by atoms with Gasteiger partial charge < -0.3 is 20.6 Å². The average Bonchev–Trinajstić information content (AvgIpc) is 2.08. The van der Waals surface area contributed by atoms with Gasteiger partial charge in [0.05, 0.1) is 19.8 Å². The van der Waals surface area contributed by atoms with Crippen LogP contribution in [0.25, 0.3) is 5.32 Å². The van der Waals surface area contributed by atoms with Gasteiger partial charge in [-0.05, 0) is 0 Å². The van der Waals surface area contributed by atoms with Crippen LogP contribution in [-0.2, 0) is 0 Å². The Kier molecular flexibility index (Phi) is 5.41. The Morgan fingerprint density at radius 1 is 1.09 bits per heavy atom. The first-order chi connectivity index (χ1) is 5.24. The second-order valence-corrected chi connectivity index (χ2v) is 2.67. The largest absolute Gasteiger partial charge is 0.662 e. The topological polar surface area (TPSA) is 74.8 Å². The van der Waals surface area contributed by atoms with E-state index in [0.717, 1.165) is 0 Å². The summed E-state index contributed by atoms with van der Waals surface area (Å²) in [5.41, 5.74) is -0.823. The molecule has 0 fully saturated rings. The summed E-state index contributed by atoms with van der Waals surface area (Å²) in [6.45, 7) is 2.13. The first kappa shape index (κ1) is 10.8. The third-order valence-corrected chi connectivity index (χ3v) is 1.68. The van der Waals surface area contributed by atoms with E-state index in [1.807, 2.05) is 6.92 Å². The van der Waals surface area contributed by atoms with E-state index in [9.17, 15) is 0 Å². The van der Waals surface area contributed by atoms with E-state index in [0.29, 0.717) is 13.1 Å². The predicted octanol–water partition coefficient (Wildman–Crippen LogP) is -0.657. The zero-order valence-electron chi connectivity index (χ0n) is 6.82. The molecule has 3 N–H and O–H groups in total. The highest BCUT2D eigenvalue weighted by atomic mass is 16.3. The molecule has 0 aromatic heterocycles. The van der Waals surface area contributed by atoms with Crippen molar-refractivity contribution in [3.05, 3.63) is 5.32 Å². The van der Waals surface area contributed by atoms with Crippen LogP contribution in [0.3, 0.4) is 0 Å². The van der Waals surface area contributed by atoms with E-state index in [2.05, 4.69) is 5.32 Å². The summed E-state index contributed by atoms with van der Waals surface area (Å²) in [5.74, 6) is 0. The van der Waals surface area contributed by atoms with Crippen molar-refractivity contribution in [2.75, 3.05) is 32.9 Å². The van der Waals surface area contributed by atoms with E-state index in [1.165, 1.54) is 0 Å². The molecule has 0 aliphatic rings. The zero-order chi connectivity index (χ0) is 8.74. The lowest BCUT2D eigenvalue weighted by Crippen LogP contribution is -2.37. The molecule has 0 unspecified atom stereocenters. The highest BCUT2D eigenvalue weighted by Crippen LogP contribution is 2.16. The van der Waals surface area contributed by atoms with Gasteiger partial charge in [0.2, 0.25) is 0 Å². The predicted molar refractivity (Wildman–Crippen MR) is 42.5 cm³/mol.